The lowest BCUT2D eigenvalue weighted by Crippen LogP contribution is -2.28. The number of ether oxygens (including phenoxy) is 1. The molecule has 2 N–H and O–H groups in total. The number of aromatic nitrogens is 2. The Morgan fingerprint density at radius 3 is 2.64 bits per heavy atom. The van der Waals surface area contributed by atoms with Crippen LogP contribution in [0.2, 0.25) is 0 Å². The van der Waals surface area contributed by atoms with E-state index in [0.29, 0.717) is 17.2 Å². The fraction of sp³-hybridized carbons (Fsp3) is 0.158. The number of hydrogen-bond donors (Lipinski definition) is 2. The molecule has 0 fully saturated rings. The molecule has 2 heterocycles. The molecular weight excluding hydrogens is 318 g/mol. The molecule has 0 saturated carbocycles. The topological polar surface area (TPSA) is 76.4 Å². The minimum atomic E-state index is -0.397. The third-order valence-electron chi connectivity index (χ3n) is 4.44. The van der Waals surface area contributed by atoms with Crippen molar-refractivity contribution in [2.45, 2.75) is 13.0 Å². The number of rotatable bonds is 2. The summed E-state index contributed by atoms with van der Waals surface area (Å²) in [4.78, 5) is 17.1. The van der Waals surface area contributed by atoms with Crippen LogP contribution in [0.15, 0.2) is 59.8 Å². The van der Waals surface area contributed by atoms with Crippen molar-refractivity contribution < 1.29 is 14.6 Å². The molecule has 1 aliphatic heterocycles. The van der Waals surface area contributed by atoms with E-state index in [-0.39, 0.29) is 5.75 Å². The number of allylic oxidation sites excluding steroid dienone is 1. The predicted molar refractivity (Wildman–Crippen MR) is 94.3 cm³/mol. The van der Waals surface area contributed by atoms with Gasteiger partial charge in [0.25, 0.3) is 0 Å². The summed E-state index contributed by atoms with van der Waals surface area (Å²) in [5.74, 6) is 0.449. The molecule has 6 heteroatoms. The van der Waals surface area contributed by atoms with E-state index in [0.717, 1.165) is 16.6 Å². The largest absolute Gasteiger partial charge is 0.508 e. The maximum absolute atomic E-state index is 12.5. The van der Waals surface area contributed by atoms with Crippen LogP contribution in [0.3, 0.4) is 0 Å². The smallest absolute Gasteiger partial charge is 0.337 e. The third-order valence-corrected chi connectivity index (χ3v) is 4.44. The number of carbonyl (C=O) groups is 1. The number of hydrogen-bond acceptors (Lipinski definition) is 5. The number of imidazole rings is 1. The van der Waals surface area contributed by atoms with Crippen molar-refractivity contribution in [1.29, 1.82) is 0 Å². The Balaban J connectivity index is 2.01. The molecule has 0 bridgehead atoms. The molecule has 2 aromatic carbocycles. The number of phenolic OH excluding ortho intramolecular Hbond substituents is 1. The molecule has 0 unspecified atom stereocenters. The lowest BCUT2D eigenvalue weighted by atomic mass is 9.95. The Labute approximate surface area is 144 Å². The van der Waals surface area contributed by atoms with Gasteiger partial charge in [0.1, 0.15) is 5.75 Å². The highest BCUT2D eigenvalue weighted by atomic mass is 16.5. The van der Waals surface area contributed by atoms with Gasteiger partial charge in [-0.3, -0.25) is 4.57 Å². The van der Waals surface area contributed by atoms with Gasteiger partial charge in [0.15, 0.2) is 0 Å². The number of anilines is 1. The third kappa shape index (κ3) is 2.34. The molecule has 0 amide bonds. The first-order valence-electron chi connectivity index (χ1n) is 7.92. The molecule has 3 aromatic rings. The molecule has 0 saturated heterocycles. The molecular formula is C19H17N3O3. The average molecular weight is 335 g/mol. The van der Waals surface area contributed by atoms with Crippen LogP contribution in [0.4, 0.5) is 5.95 Å². The molecule has 0 aliphatic carbocycles. The van der Waals surface area contributed by atoms with E-state index in [1.807, 2.05) is 35.8 Å². The standard InChI is InChI=1S/C19H17N3O3/c1-11-16(18(24)25-2)17(12-7-9-13(23)10-8-12)22-15-6-4-3-5-14(15)21-19(22)20-11/h3-10,17,23H,1-2H3,(H,20,21)/t17-/m1/s1. The summed E-state index contributed by atoms with van der Waals surface area (Å²) in [6.07, 6.45) is 0. The fourth-order valence-corrected chi connectivity index (χ4v) is 3.31. The normalized spacial score (nSPS) is 16.5. The maximum atomic E-state index is 12.5. The first kappa shape index (κ1) is 15.3. The van der Waals surface area contributed by atoms with Gasteiger partial charge in [0, 0.05) is 5.70 Å². The number of aromatic hydroxyl groups is 1. The summed E-state index contributed by atoms with van der Waals surface area (Å²) in [6.45, 7) is 1.84. The number of carbonyl (C=O) groups excluding carboxylic acids is 1. The van der Waals surface area contributed by atoms with Gasteiger partial charge < -0.3 is 15.2 Å². The van der Waals surface area contributed by atoms with Crippen LogP contribution in [-0.2, 0) is 9.53 Å². The molecule has 1 aliphatic rings. The van der Waals surface area contributed by atoms with Crippen LogP contribution < -0.4 is 5.32 Å². The van der Waals surface area contributed by atoms with Crippen LogP contribution in [0.5, 0.6) is 5.75 Å². The van der Waals surface area contributed by atoms with E-state index in [9.17, 15) is 9.90 Å². The van der Waals surface area contributed by atoms with Gasteiger partial charge in [0.05, 0.1) is 29.8 Å². The summed E-state index contributed by atoms with van der Waals surface area (Å²) in [7, 11) is 1.37. The van der Waals surface area contributed by atoms with Crippen LogP contribution in [0.25, 0.3) is 11.0 Å². The number of benzene rings is 2. The molecule has 0 radical (unpaired) electrons. The lowest BCUT2D eigenvalue weighted by Gasteiger charge is -2.30. The quantitative estimate of drug-likeness (QED) is 0.703. The van der Waals surface area contributed by atoms with Crippen molar-refractivity contribution in [3.05, 3.63) is 65.4 Å². The van der Waals surface area contributed by atoms with Gasteiger partial charge in [-0.25, -0.2) is 9.78 Å². The summed E-state index contributed by atoms with van der Waals surface area (Å²) in [5, 5.41) is 12.8. The van der Waals surface area contributed by atoms with Gasteiger partial charge in [-0.15, -0.1) is 0 Å². The second-order valence-electron chi connectivity index (χ2n) is 5.94. The van der Waals surface area contributed by atoms with Crippen molar-refractivity contribution in [1.82, 2.24) is 9.55 Å². The zero-order valence-corrected chi connectivity index (χ0v) is 13.9. The second-order valence-corrected chi connectivity index (χ2v) is 5.94. The fourth-order valence-electron chi connectivity index (χ4n) is 3.31. The second kappa shape index (κ2) is 5.66. The zero-order valence-electron chi connectivity index (χ0n) is 13.9. The van der Waals surface area contributed by atoms with Gasteiger partial charge in [-0.1, -0.05) is 24.3 Å². The molecule has 1 aromatic heterocycles. The van der Waals surface area contributed by atoms with E-state index in [1.54, 1.807) is 24.3 Å². The number of esters is 1. The molecule has 6 nitrogen and oxygen atoms in total. The molecule has 1 atom stereocenters. The maximum Gasteiger partial charge on any atom is 0.337 e. The highest BCUT2D eigenvalue weighted by Crippen LogP contribution is 2.39. The summed E-state index contributed by atoms with van der Waals surface area (Å²) in [5.41, 5.74) is 3.84. The van der Waals surface area contributed by atoms with E-state index in [2.05, 4.69) is 10.3 Å². The van der Waals surface area contributed by atoms with E-state index in [4.69, 9.17) is 4.74 Å². The van der Waals surface area contributed by atoms with Crippen molar-refractivity contribution >= 4 is 23.0 Å². The van der Waals surface area contributed by atoms with Gasteiger partial charge in [0.2, 0.25) is 5.95 Å². The predicted octanol–water partition coefficient (Wildman–Crippen LogP) is 3.20. The van der Waals surface area contributed by atoms with Crippen molar-refractivity contribution in [3.8, 4) is 5.75 Å². The Morgan fingerprint density at radius 1 is 1.20 bits per heavy atom. The lowest BCUT2D eigenvalue weighted by molar-refractivity contribution is -0.136. The molecule has 126 valence electrons. The summed E-state index contributed by atoms with van der Waals surface area (Å²) in [6, 6.07) is 14.2. The SMILES string of the molecule is COC(=O)C1=C(C)Nc2nc3ccccc3n2[C@@H]1c1ccc(O)cc1. The van der Waals surface area contributed by atoms with Crippen LogP contribution >= 0.6 is 0 Å². The number of fused-ring (bicyclic) bond motifs is 3. The number of nitrogens with zero attached hydrogens (tertiary/aromatic N) is 2. The Bertz CT molecular complexity index is 1000. The number of nitrogens with one attached hydrogen (secondary N) is 1. The van der Waals surface area contributed by atoms with E-state index < -0.39 is 12.0 Å². The van der Waals surface area contributed by atoms with Gasteiger partial charge in [-0.05, 0) is 36.8 Å². The molecule has 25 heavy (non-hydrogen) atoms. The first-order valence-corrected chi connectivity index (χ1v) is 7.92. The summed E-state index contributed by atoms with van der Waals surface area (Å²) >= 11 is 0. The first-order chi connectivity index (χ1) is 12.1. The summed E-state index contributed by atoms with van der Waals surface area (Å²) < 4.78 is 7.01. The van der Waals surface area contributed by atoms with Crippen molar-refractivity contribution in [2.75, 3.05) is 12.4 Å². The van der Waals surface area contributed by atoms with Gasteiger partial charge in [-0.2, -0.15) is 0 Å². The number of para-hydroxylation sites is 2. The Kier molecular flexibility index (Phi) is 3.46. The van der Waals surface area contributed by atoms with Crippen LogP contribution in [0, 0.1) is 0 Å². The minimum absolute atomic E-state index is 0.175. The van der Waals surface area contributed by atoms with Crippen LogP contribution in [-0.4, -0.2) is 27.7 Å². The van der Waals surface area contributed by atoms with Gasteiger partial charge >= 0.3 is 5.97 Å². The molecule has 4 rings (SSSR count). The average Bonchev–Trinajstić information content (AvgIpc) is 2.98. The van der Waals surface area contributed by atoms with Crippen molar-refractivity contribution in [2.24, 2.45) is 0 Å². The highest BCUT2D eigenvalue weighted by Gasteiger charge is 2.34. The van der Waals surface area contributed by atoms with Crippen LogP contribution in [0.1, 0.15) is 18.5 Å². The molecule has 0 spiro atoms. The van der Waals surface area contributed by atoms with Crippen molar-refractivity contribution in [3.63, 3.8) is 0 Å². The van der Waals surface area contributed by atoms with E-state index in [1.165, 1.54) is 7.11 Å². The van der Waals surface area contributed by atoms with E-state index >= 15 is 0 Å². The monoisotopic (exact) mass is 335 g/mol. The Morgan fingerprint density at radius 2 is 1.92 bits per heavy atom. The number of phenols is 1. The number of methoxy groups -OCH3 is 1. The Hall–Kier alpha value is -3.28. The highest BCUT2D eigenvalue weighted by molar-refractivity contribution is 5.94. The zero-order chi connectivity index (χ0) is 17.6. The minimum Gasteiger partial charge on any atom is -0.508 e.